The van der Waals surface area contributed by atoms with Crippen molar-refractivity contribution >= 4 is 15.9 Å². The van der Waals surface area contributed by atoms with Gasteiger partial charge in [0.2, 0.25) is 15.9 Å². The van der Waals surface area contributed by atoms with Crippen molar-refractivity contribution in [2.75, 3.05) is 13.1 Å². The van der Waals surface area contributed by atoms with Gasteiger partial charge in [-0.1, -0.05) is 18.6 Å². The fourth-order valence-electron chi connectivity index (χ4n) is 3.86. The molecule has 3 aromatic rings. The number of aryl methyl sites for hydroxylation is 1. The van der Waals surface area contributed by atoms with Crippen LogP contribution in [0.1, 0.15) is 37.0 Å². The van der Waals surface area contributed by atoms with Crippen molar-refractivity contribution in [1.82, 2.24) is 9.62 Å². The quantitative estimate of drug-likeness (QED) is 0.525. The van der Waals surface area contributed by atoms with Gasteiger partial charge in [-0.15, -0.1) is 0 Å². The van der Waals surface area contributed by atoms with Gasteiger partial charge in [0.1, 0.15) is 17.3 Å². The van der Waals surface area contributed by atoms with Crippen molar-refractivity contribution in [3.05, 3.63) is 77.8 Å². The molecule has 0 radical (unpaired) electrons. The number of benzene rings is 2. The van der Waals surface area contributed by atoms with E-state index in [1.807, 2.05) is 0 Å². The SMILES string of the molecule is O=C(CCc1ccc(S(=O)(=O)N2CCCCC2)cc1)NCc1ccc(-c2ccc(F)cc2)o1. The topological polar surface area (TPSA) is 79.6 Å². The third-order valence-electron chi connectivity index (χ3n) is 5.77. The van der Waals surface area contributed by atoms with E-state index in [1.54, 1.807) is 52.8 Å². The van der Waals surface area contributed by atoms with Crippen LogP contribution in [0.15, 0.2) is 70.0 Å². The Bertz CT molecular complexity index is 1180. The van der Waals surface area contributed by atoms with Crippen molar-refractivity contribution in [3.63, 3.8) is 0 Å². The van der Waals surface area contributed by atoms with Crippen LogP contribution in [0, 0.1) is 5.82 Å². The van der Waals surface area contributed by atoms with E-state index in [0.717, 1.165) is 30.4 Å². The molecule has 0 aliphatic carbocycles. The predicted octanol–water partition coefficient (Wildman–Crippen LogP) is 4.51. The maximum Gasteiger partial charge on any atom is 0.243 e. The summed E-state index contributed by atoms with van der Waals surface area (Å²) in [4.78, 5) is 12.5. The van der Waals surface area contributed by atoms with Gasteiger partial charge in [-0.05, 0) is 73.4 Å². The highest BCUT2D eigenvalue weighted by Crippen LogP contribution is 2.23. The van der Waals surface area contributed by atoms with Crippen molar-refractivity contribution in [3.8, 4) is 11.3 Å². The summed E-state index contributed by atoms with van der Waals surface area (Å²) < 4.78 is 45.8. The number of sulfonamides is 1. The van der Waals surface area contributed by atoms with E-state index in [9.17, 15) is 17.6 Å². The molecular weight excluding hydrogens is 443 g/mol. The van der Waals surface area contributed by atoms with E-state index in [4.69, 9.17) is 4.42 Å². The second-order valence-electron chi connectivity index (χ2n) is 8.16. The molecule has 1 amide bonds. The number of carbonyl (C=O) groups is 1. The summed E-state index contributed by atoms with van der Waals surface area (Å²) in [6, 6.07) is 16.4. The number of hydrogen-bond donors (Lipinski definition) is 1. The lowest BCUT2D eigenvalue weighted by atomic mass is 10.1. The summed E-state index contributed by atoms with van der Waals surface area (Å²) in [5.41, 5.74) is 1.67. The molecule has 1 fully saturated rings. The maximum absolute atomic E-state index is 13.1. The van der Waals surface area contributed by atoms with Crippen LogP contribution in [0.3, 0.4) is 0 Å². The zero-order chi connectivity index (χ0) is 23.3. The van der Waals surface area contributed by atoms with Crippen molar-refractivity contribution in [2.45, 2.75) is 43.5 Å². The second-order valence-corrected chi connectivity index (χ2v) is 10.1. The van der Waals surface area contributed by atoms with Gasteiger partial charge in [-0.25, -0.2) is 12.8 Å². The summed E-state index contributed by atoms with van der Waals surface area (Å²) in [5.74, 6) is 0.782. The summed E-state index contributed by atoms with van der Waals surface area (Å²) in [7, 11) is -3.44. The van der Waals surface area contributed by atoms with E-state index in [2.05, 4.69) is 5.32 Å². The van der Waals surface area contributed by atoms with Gasteiger partial charge in [-0.3, -0.25) is 4.79 Å². The Kier molecular flexibility index (Phi) is 7.25. The summed E-state index contributed by atoms with van der Waals surface area (Å²) >= 11 is 0. The lowest BCUT2D eigenvalue weighted by Gasteiger charge is -2.25. The third kappa shape index (κ3) is 5.89. The van der Waals surface area contributed by atoms with Gasteiger partial charge in [-0.2, -0.15) is 4.31 Å². The predicted molar refractivity (Wildman–Crippen MR) is 123 cm³/mol. The molecule has 0 unspecified atom stereocenters. The van der Waals surface area contributed by atoms with Crippen molar-refractivity contribution in [1.29, 1.82) is 0 Å². The minimum atomic E-state index is -3.44. The number of amides is 1. The first-order valence-electron chi connectivity index (χ1n) is 11.1. The Balaban J connectivity index is 1.26. The standard InChI is InChI=1S/C25H27FN2O4S/c26-21-9-7-20(8-10-21)24-14-11-22(32-24)18-27-25(29)15-6-19-4-12-23(13-5-19)33(30,31)28-16-2-1-3-17-28/h4-5,7-14H,1-3,6,15-18H2,(H,27,29). The van der Waals surface area contributed by atoms with Crippen LogP contribution in [-0.2, 0) is 27.8 Å². The number of nitrogens with one attached hydrogen (secondary N) is 1. The smallest absolute Gasteiger partial charge is 0.243 e. The first kappa shape index (κ1) is 23.2. The highest BCUT2D eigenvalue weighted by Gasteiger charge is 2.25. The normalized spacial score (nSPS) is 14.8. The highest BCUT2D eigenvalue weighted by atomic mass is 32.2. The fraction of sp³-hybridized carbons (Fsp3) is 0.320. The van der Waals surface area contributed by atoms with Crippen LogP contribution < -0.4 is 5.32 Å². The minimum absolute atomic E-state index is 0.125. The van der Waals surface area contributed by atoms with Crippen LogP contribution in [0.2, 0.25) is 0 Å². The number of piperidine rings is 1. The molecule has 1 aliphatic rings. The van der Waals surface area contributed by atoms with Crippen molar-refractivity contribution < 1.29 is 22.0 Å². The number of hydrogen-bond acceptors (Lipinski definition) is 4. The first-order chi connectivity index (χ1) is 15.9. The fourth-order valence-corrected chi connectivity index (χ4v) is 5.37. The van der Waals surface area contributed by atoms with Crippen LogP contribution in [0.25, 0.3) is 11.3 Å². The average molecular weight is 471 g/mol. The highest BCUT2D eigenvalue weighted by molar-refractivity contribution is 7.89. The number of rotatable bonds is 8. The number of nitrogens with zero attached hydrogens (tertiary/aromatic N) is 1. The third-order valence-corrected chi connectivity index (χ3v) is 7.68. The van der Waals surface area contributed by atoms with Crippen molar-refractivity contribution in [2.24, 2.45) is 0 Å². The van der Waals surface area contributed by atoms with E-state index < -0.39 is 10.0 Å². The summed E-state index contributed by atoms with van der Waals surface area (Å²) in [5, 5.41) is 2.83. The Morgan fingerprint density at radius 2 is 1.64 bits per heavy atom. The number of halogens is 1. The molecule has 2 aromatic carbocycles. The largest absolute Gasteiger partial charge is 0.459 e. The zero-order valence-corrected chi connectivity index (χ0v) is 19.1. The Labute approximate surface area is 193 Å². The van der Waals surface area contributed by atoms with Gasteiger partial charge >= 0.3 is 0 Å². The molecule has 1 aliphatic heterocycles. The average Bonchev–Trinajstić information content (AvgIpc) is 3.32. The molecule has 0 atom stereocenters. The molecule has 2 heterocycles. The number of carbonyl (C=O) groups excluding carboxylic acids is 1. The lowest BCUT2D eigenvalue weighted by molar-refractivity contribution is -0.121. The lowest BCUT2D eigenvalue weighted by Crippen LogP contribution is -2.35. The van der Waals surface area contributed by atoms with Crippen LogP contribution in [0.5, 0.6) is 0 Å². The monoisotopic (exact) mass is 470 g/mol. The molecule has 1 N–H and O–H groups in total. The van der Waals surface area contributed by atoms with E-state index in [0.29, 0.717) is 35.9 Å². The van der Waals surface area contributed by atoms with E-state index >= 15 is 0 Å². The number of furan rings is 1. The molecule has 1 aromatic heterocycles. The van der Waals surface area contributed by atoms with Gasteiger partial charge in [0.15, 0.2) is 0 Å². The molecule has 8 heteroatoms. The van der Waals surface area contributed by atoms with Gasteiger partial charge in [0, 0.05) is 25.1 Å². The molecule has 0 spiro atoms. The van der Waals surface area contributed by atoms with Gasteiger partial charge in [0.25, 0.3) is 0 Å². The van der Waals surface area contributed by atoms with Crippen LogP contribution in [-0.4, -0.2) is 31.7 Å². The first-order valence-corrected chi connectivity index (χ1v) is 12.6. The minimum Gasteiger partial charge on any atom is -0.459 e. The molecular formula is C25H27FN2O4S. The molecule has 4 rings (SSSR count). The second kappa shape index (κ2) is 10.3. The van der Waals surface area contributed by atoms with Crippen LogP contribution >= 0.6 is 0 Å². The molecule has 0 bridgehead atoms. The zero-order valence-electron chi connectivity index (χ0n) is 18.3. The van der Waals surface area contributed by atoms with E-state index in [1.165, 1.54) is 12.1 Å². The van der Waals surface area contributed by atoms with Crippen LogP contribution in [0.4, 0.5) is 4.39 Å². The van der Waals surface area contributed by atoms with Gasteiger partial charge < -0.3 is 9.73 Å². The molecule has 1 saturated heterocycles. The molecule has 0 saturated carbocycles. The van der Waals surface area contributed by atoms with E-state index in [-0.39, 0.29) is 24.7 Å². The maximum atomic E-state index is 13.1. The molecule has 6 nitrogen and oxygen atoms in total. The summed E-state index contributed by atoms with van der Waals surface area (Å²) in [6.07, 6.45) is 3.66. The Morgan fingerprint density at radius 1 is 0.939 bits per heavy atom. The molecule has 174 valence electrons. The Hall–Kier alpha value is -2.97. The summed E-state index contributed by atoms with van der Waals surface area (Å²) in [6.45, 7) is 1.41. The molecule has 33 heavy (non-hydrogen) atoms. The van der Waals surface area contributed by atoms with Gasteiger partial charge in [0.05, 0.1) is 11.4 Å². The Morgan fingerprint density at radius 3 is 2.33 bits per heavy atom.